The highest BCUT2D eigenvalue weighted by Crippen LogP contribution is 2.23. The first kappa shape index (κ1) is 15.9. The van der Waals surface area contributed by atoms with E-state index in [0.29, 0.717) is 31.9 Å². The van der Waals surface area contributed by atoms with Gasteiger partial charge in [0.25, 0.3) is 11.6 Å². The molecular weight excluding hydrogens is 292 g/mol. The van der Waals surface area contributed by atoms with Crippen molar-refractivity contribution in [1.82, 2.24) is 4.90 Å². The van der Waals surface area contributed by atoms with Gasteiger partial charge in [0.2, 0.25) is 0 Å². The smallest absolute Gasteiger partial charge is 0.345 e. The number of morpholine rings is 1. The van der Waals surface area contributed by atoms with E-state index in [2.05, 4.69) is 0 Å². The van der Waals surface area contributed by atoms with E-state index in [4.69, 9.17) is 9.47 Å². The SMILES string of the molecule is Cc1cccc(C(=O)OCC(=O)N2CCOCC2)c1[N+](=O)[O-]. The molecule has 1 heterocycles. The number of amides is 1. The van der Waals surface area contributed by atoms with E-state index < -0.39 is 17.5 Å². The van der Waals surface area contributed by atoms with Crippen molar-refractivity contribution in [3.63, 3.8) is 0 Å². The molecule has 1 saturated heterocycles. The van der Waals surface area contributed by atoms with Crippen LogP contribution in [-0.4, -0.2) is 54.6 Å². The minimum Gasteiger partial charge on any atom is -0.452 e. The molecule has 0 radical (unpaired) electrons. The van der Waals surface area contributed by atoms with E-state index in [0.717, 1.165) is 0 Å². The van der Waals surface area contributed by atoms with Crippen LogP contribution in [0.15, 0.2) is 18.2 Å². The van der Waals surface area contributed by atoms with Crippen LogP contribution in [-0.2, 0) is 14.3 Å². The molecule has 0 N–H and O–H groups in total. The van der Waals surface area contributed by atoms with Crippen molar-refractivity contribution < 1.29 is 24.0 Å². The standard InChI is InChI=1S/C14H16N2O6/c1-10-3-2-4-11(13(10)16(19)20)14(18)22-9-12(17)15-5-7-21-8-6-15/h2-4H,5-9H2,1H3. The number of hydrogen-bond donors (Lipinski definition) is 0. The summed E-state index contributed by atoms with van der Waals surface area (Å²) in [4.78, 5) is 35.8. The molecule has 1 aromatic rings. The van der Waals surface area contributed by atoms with Crippen molar-refractivity contribution in [3.05, 3.63) is 39.4 Å². The maximum atomic E-state index is 12.0. The molecule has 0 spiro atoms. The molecule has 8 nitrogen and oxygen atoms in total. The Balaban J connectivity index is 2.02. The number of nitro groups is 1. The number of para-hydroxylation sites is 1. The summed E-state index contributed by atoms with van der Waals surface area (Å²) in [6.45, 7) is 2.88. The highest BCUT2D eigenvalue weighted by molar-refractivity contribution is 5.95. The molecule has 1 aliphatic rings. The van der Waals surface area contributed by atoms with Crippen molar-refractivity contribution in [2.75, 3.05) is 32.9 Å². The Morgan fingerprint density at radius 3 is 2.68 bits per heavy atom. The third kappa shape index (κ3) is 3.59. The highest BCUT2D eigenvalue weighted by atomic mass is 16.6. The van der Waals surface area contributed by atoms with Gasteiger partial charge in [0.1, 0.15) is 5.56 Å². The summed E-state index contributed by atoms with van der Waals surface area (Å²) in [6, 6.07) is 4.38. The number of rotatable bonds is 4. The van der Waals surface area contributed by atoms with Gasteiger partial charge in [-0.15, -0.1) is 0 Å². The normalized spacial score (nSPS) is 14.5. The van der Waals surface area contributed by atoms with Crippen LogP contribution in [0.3, 0.4) is 0 Å². The van der Waals surface area contributed by atoms with Crippen molar-refractivity contribution in [1.29, 1.82) is 0 Å². The minimum absolute atomic E-state index is 0.153. The van der Waals surface area contributed by atoms with Crippen LogP contribution < -0.4 is 0 Å². The lowest BCUT2D eigenvalue weighted by molar-refractivity contribution is -0.385. The Kier molecular flexibility index (Phi) is 5.05. The molecule has 0 aliphatic carbocycles. The zero-order chi connectivity index (χ0) is 16.1. The van der Waals surface area contributed by atoms with Gasteiger partial charge in [0.05, 0.1) is 18.1 Å². The van der Waals surface area contributed by atoms with Crippen LogP contribution in [0.4, 0.5) is 5.69 Å². The maximum Gasteiger partial charge on any atom is 0.345 e. The average molecular weight is 308 g/mol. The molecule has 0 aromatic heterocycles. The van der Waals surface area contributed by atoms with Gasteiger partial charge < -0.3 is 14.4 Å². The van der Waals surface area contributed by atoms with Crippen LogP contribution in [0, 0.1) is 17.0 Å². The Bertz CT molecular complexity index is 595. The first-order valence-electron chi connectivity index (χ1n) is 6.77. The summed E-state index contributed by atoms with van der Waals surface area (Å²) in [6.07, 6.45) is 0. The number of aryl methyl sites for hydroxylation is 1. The van der Waals surface area contributed by atoms with Gasteiger partial charge >= 0.3 is 5.97 Å². The van der Waals surface area contributed by atoms with E-state index >= 15 is 0 Å². The number of esters is 1. The quantitative estimate of drug-likeness (QED) is 0.466. The molecule has 2 rings (SSSR count). The summed E-state index contributed by atoms with van der Waals surface area (Å²) >= 11 is 0. The fourth-order valence-electron chi connectivity index (χ4n) is 2.18. The van der Waals surface area contributed by atoms with Crippen molar-refractivity contribution in [2.45, 2.75) is 6.92 Å². The number of nitrogens with zero attached hydrogens (tertiary/aromatic N) is 2. The number of nitro benzene ring substituents is 1. The monoisotopic (exact) mass is 308 g/mol. The van der Waals surface area contributed by atoms with Crippen LogP contribution in [0.5, 0.6) is 0 Å². The maximum absolute atomic E-state index is 12.0. The van der Waals surface area contributed by atoms with Crippen LogP contribution in [0.1, 0.15) is 15.9 Å². The lowest BCUT2D eigenvalue weighted by Gasteiger charge is -2.26. The summed E-state index contributed by atoms with van der Waals surface area (Å²) < 4.78 is 10.0. The Labute approximate surface area is 126 Å². The number of benzene rings is 1. The molecule has 0 atom stereocenters. The van der Waals surface area contributed by atoms with Crippen LogP contribution in [0.2, 0.25) is 0 Å². The van der Waals surface area contributed by atoms with E-state index in [1.807, 2.05) is 0 Å². The fraction of sp³-hybridized carbons (Fsp3) is 0.429. The van der Waals surface area contributed by atoms with E-state index in [1.54, 1.807) is 0 Å². The molecule has 0 unspecified atom stereocenters. The molecule has 0 saturated carbocycles. The predicted molar refractivity (Wildman–Crippen MR) is 75.5 cm³/mol. The second-order valence-corrected chi connectivity index (χ2v) is 4.80. The average Bonchev–Trinajstić information content (AvgIpc) is 2.52. The third-order valence-corrected chi connectivity index (χ3v) is 3.33. The van der Waals surface area contributed by atoms with Crippen LogP contribution in [0.25, 0.3) is 0 Å². The number of hydrogen-bond acceptors (Lipinski definition) is 6. The van der Waals surface area contributed by atoms with Gasteiger partial charge in [-0.2, -0.15) is 0 Å². The lowest BCUT2D eigenvalue weighted by Crippen LogP contribution is -2.42. The van der Waals surface area contributed by atoms with Crippen molar-refractivity contribution in [3.8, 4) is 0 Å². The second kappa shape index (κ2) is 6.99. The summed E-state index contributed by atoms with van der Waals surface area (Å²) in [5, 5.41) is 11.0. The minimum atomic E-state index is -0.878. The summed E-state index contributed by atoms with van der Waals surface area (Å²) in [5.74, 6) is -1.22. The number of ether oxygens (including phenoxy) is 2. The predicted octanol–water partition coefficient (Wildman–Crippen LogP) is 0.919. The number of carbonyl (C=O) groups excluding carboxylic acids is 2. The summed E-state index contributed by atoms with van der Waals surface area (Å²) in [5.41, 5.74) is -0.0925. The second-order valence-electron chi connectivity index (χ2n) is 4.80. The Hall–Kier alpha value is -2.48. The molecule has 118 valence electrons. The molecule has 1 fully saturated rings. The molecule has 1 amide bonds. The summed E-state index contributed by atoms with van der Waals surface area (Å²) in [7, 11) is 0. The van der Waals surface area contributed by atoms with Gasteiger partial charge in [0.15, 0.2) is 6.61 Å². The third-order valence-electron chi connectivity index (χ3n) is 3.33. The van der Waals surface area contributed by atoms with Crippen molar-refractivity contribution >= 4 is 17.6 Å². The fourth-order valence-corrected chi connectivity index (χ4v) is 2.18. The van der Waals surface area contributed by atoms with Gasteiger partial charge in [-0.3, -0.25) is 14.9 Å². The molecule has 22 heavy (non-hydrogen) atoms. The van der Waals surface area contributed by atoms with Gasteiger partial charge in [-0.05, 0) is 13.0 Å². The van der Waals surface area contributed by atoms with Gasteiger partial charge in [-0.25, -0.2) is 4.79 Å². The largest absolute Gasteiger partial charge is 0.452 e. The van der Waals surface area contributed by atoms with E-state index in [9.17, 15) is 19.7 Å². The molecule has 8 heteroatoms. The molecule has 0 bridgehead atoms. The van der Waals surface area contributed by atoms with Crippen molar-refractivity contribution in [2.24, 2.45) is 0 Å². The first-order valence-corrected chi connectivity index (χ1v) is 6.77. The van der Waals surface area contributed by atoms with Crippen LogP contribution >= 0.6 is 0 Å². The topological polar surface area (TPSA) is 99.0 Å². The van der Waals surface area contributed by atoms with Gasteiger partial charge in [-0.1, -0.05) is 12.1 Å². The zero-order valence-corrected chi connectivity index (χ0v) is 12.1. The molecular formula is C14H16N2O6. The van der Waals surface area contributed by atoms with E-state index in [1.165, 1.54) is 30.0 Å². The Morgan fingerprint density at radius 1 is 1.36 bits per heavy atom. The number of carbonyl (C=O) groups is 2. The lowest BCUT2D eigenvalue weighted by atomic mass is 10.1. The van der Waals surface area contributed by atoms with E-state index in [-0.39, 0.29) is 17.2 Å². The molecule has 1 aromatic carbocycles. The zero-order valence-electron chi connectivity index (χ0n) is 12.1. The molecule has 1 aliphatic heterocycles. The van der Waals surface area contributed by atoms with Gasteiger partial charge in [0, 0.05) is 18.7 Å². The highest BCUT2D eigenvalue weighted by Gasteiger charge is 2.25. The Morgan fingerprint density at radius 2 is 2.05 bits per heavy atom. The first-order chi connectivity index (χ1) is 10.5.